The fraction of sp³-hybridized carbons (Fsp3) is 0.333. The van der Waals surface area contributed by atoms with Crippen molar-refractivity contribution < 1.29 is 8.78 Å². The smallest absolute Gasteiger partial charge is 0.299 e. The summed E-state index contributed by atoms with van der Waals surface area (Å²) in [5, 5.41) is 14.5. The maximum atomic E-state index is 12.8. The molecule has 7 nitrogen and oxygen atoms in total. The summed E-state index contributed by atoms with van der Waals surface area (Å²) in [6.07, 6.45) is 1.72. The van der Waals surface area contributed by atoms with Crippen LogP contribution in [0.25, 0.3) is 5.65 Å². The molecule has 0 saturated heterocycles. The van der Waals surface area contributed by atoms with Gasteiger partial charge in [0.05, 0.1) is 12.4 Å². The van der Waals surface area contributed by atoms with Crippen LogP contribution in [0.15, 0.2) is 24.7 Å². The van der Waals surface area contributed by atoms with Crippen molar-refractivity contribution in [3.05, 3.63) is 36.2 Å². The number of hydrogen-bond donors (Lipinski definition) is 1. The molecule has 4 rings (SSSR count). The van der Waals surface area contributed by atoms with Crippen molar-refractivity contribution in [1.82, 2.24) is 29.4 Å². The van der Waals surface area contributed by atoms with Crippen LogP contribution >= 0.6 is 0 Å². The summed E-state index contributed by atoms with van der Waals surface area (Å²) < 4.78 is 28.7. The lowest BCUT2D eigenvalue weighted by atomic mass is 10.2. The molecule has 1 unspecified atom stereocenters. The largest absolute Gasteiger partial charge is 0.364 e. The molecular formula is C12H11F2N7. The quantitative estimate of drug-likeness (QED) is 0.787. The third-order valence-corrected chi connectivity index (χ3v) is 3.51. The lowest BCUT2D eigenvalue weighted by Gasteiger charge is -2.12. The molecule has 9 heteroatoms. The summed E-state index contributed by atoms with van der Waals surface area (Å²) in [5.74, 6) is 0.0726. The zero-order chi connectivity index (χ0) is 14.4. The lowest BCUT2D eigenvalue weighted by Crippen LogP contribution is -2.22. The van der Waals surface area contributed by atoms with Crippen molar-refractivity contribution in [3.8, 4) is 0 Å². The van der Waals surface area contributed by atoms with Crippen LogP contribution in [0.4, 0.5) is 14.6 Å². The average molecular weight is 291 g/mol. The van der Waals surface area contributed by atoms with Crippen LogP contribution in [-0.2, 0) is 13.0 Å². The van der Waals surface area contributed by atoms with E-state index in [4.69, 9.17) is 0 Å². The van der Waals surface area contributed by atoms with Crippen LogP contribution in [0.5, 0.6) is 0 Å². The van der Waals surface area contributed by atoms with Crippen LogP contribution in [0, 0.1) is 0 Å². The lowest BCUT2D eigenvalue weighted by molar-refractivity contribution is 0.137. The summed E-state index contributed by atoms with van der Waals surface area (Å²) >= 11 is 0. The van der Waals surface area contributed by atoms with E-state index in [9.17, 15) is 8.78 Å². The van der Waals surface area contributed by atoms with Gasteiger partial charge in [-0.25, -0.2) is 13.8 Å². The second-order valence-electron chi connectivity index (χ2n) is 4.93. The van der Waals surface area contributed by atoms with Crippen molar-refractivity contribution in [3.63, 3.8) is 0 Å². The Morgan fingerprint density at radius 1 is 1.29 bits per heavy atom. The Labute approximate surface area is 117 Å². The number of fused-ring (bicyclic) bond motifs is 2. The first-order chi connectivity index (χ1) is 10.2. The van der Waals surface area contributed by atoms with E-state index in [1.165, 1.54) is 0 Å². The Hall–Kier alpha value is -2.58. The van der Waals surface area contributed by atoms with Crippen molar-refractivity contribution in [2.75, 3.05) is 5.32 Å². The number of nitrogens with zero attached hydrogens (tertiary/aromatic N) is 6. The summed E-state index contributed by atoms with van der Waals surface area (Å²) in [6.45, 7) is 0.777. The monoisotopic (exact) mass is 291 g/mol. The molecule has 1 N–H and O–H groups in total. The van der Waals surface area contributed by atoms with Gasteiger partial charge in [-0.2, -0.15) is 4.52 Å². The molecule has 0 fully saturated rings. The van der Waals surface area contributed by atoms with Crippen LogP contribution in [0.2, 0.25) is 0 Å². The normalized spacial score (nSPS) is 17.6. The highest BCUT2D eigenvalue weighted by molar-refractivity contribution is 5.44. The van der Waals surface area contributed by atoms with Crippen LogP contribution in [-0.4, -0.2) is 35.4 Å². The van der Waals surface area contributed by atoms with Crippen molar-refractivity contribution in [2.45, 2.75) is 25.4 Å². The molecule has 0 spiro atoms. The Kier molecular flexibility index (Phi) is 2.59. The first-order valence-corrected chi connectivity index (χ1v) is 6.47. The Morgan fingerprint density at radius 2 is 2.19 bits per heavy atom. The van der Waals surface area contributed by atoms with Gasteiger partial charge in [0.25, 0.3) is 6.43 Å². The van der Waals surface area contributed by atoms with Crippen molar-refractivity contribution >= 4 is 11.5 Å². The molecule has 108 valence electrons. The maximum absolute atomic E-state index is 12.8. The molecule has 4 heterocycles. The summed E-state index contributed by atoms with van der Waals surface area (Å²) in [4.78, 5) is 4.07. The van der Waals surface area contributed by atoms with Gasteiger partial charge in [-0.1, -0.05) is 0 Å². The van der Waals surface area contributed by atoms with E-state index in [-0.39, 0.29) is 6.04 Å². The van der Waals surface area contributed by atoms with Gasteiger partial charge in [0.1, 0.15) is 5.82 Å². The molecule has 21 heavy (non-hydrogen) atoms. The Bertz CT molecular complexity index is 773. The topological polar surface area (TPSA) is 72.9 Å². The molecule has 0 bridgehead atoms. The van der Waals surface area contributed by atoms with E-state index in [2.05, 4.69) is 30.2 Å². The number of alkyl halides is 2. The minimum absolute atomic E-state index is 0.166. The highest BCUT2D eigenvalue weighted by atomic mass is 19.3. The first kappa shape index (κ1) is 12.2. The first-order valence-electron chi connectivity index (χ1n) is 6.47. The molecule has 1 aliphatic rings. The van der Waals surface area contributed by atoms with Crippen LogP contribution < -0.4 is 5.32 Å². The maximum Gasteiger partial charge on any atom is 0.299 e. The molecule has 0 radical (unpaired) electrons. The van der Waals surface area contributed by atoms with Gasteiger partial charge in [0.15, 0.2) is 5.65 Å². The minimum atomic E-state index is -2.71. The van der Waals surface area contributed by atoms with E-state index >= 15 is 0 Å². The second kappa shape index (κ2) is 4.47. The van der Waals surface area contributed by atoms with E-state index in [0.717, 1.165) is 23.2 Å². The van der Waals surface area contributed by atoms with Crippen molar-refractivity contribution in [2.24, 2.45) is 0 Å². The molecule has 1 aliphatic heterocycles. The van der Waals surface area contributed by atoms with Gasteiger partial charge in [0, 0.05) is 24.9 Å². The van der Waals surface area contributed by atoms with Crippen molar-refractivity contribution in [1.29, 1.82) is 0 Å². The van der Waals surface area contributed by atoms with Gasteiger partial charge >= 0.3 is 0 Å². The van der Waals surface area contributed by atoms with Gasteiger partial charge in [-0.3, -0.25) is 0 Å². The number of anilines is 1. The number of nitrogens with one attached hydrogen (secondary N) is 1. The van der Waals surface area contributed by atoms with Gasteiger partial charge in [-0.05, 0) is 12.1 Å². The number of rotatable bonds is 3. The summed E-state index contributed by atoms with van der Waals surface area (Å²) in [5.41, 5.74) is 1.45. The zero-order valence-electron chi connectivity index (χ0n) is 10.8. The highest BCUT2D eigenvalue weighted by Gasteiger charge is 2.22. The van der Waals surface area contributed by atoms with Gasteiger partial charge in [0.2, 0.25) is 5.82 Å². The third kappa shape index (κ3) is 2.01. The fourth-order valence-corrected chi connectivity index (χ4v) is 2.56. The predicted molar refractivity (Wildman–Crippen MR) is 69.1 cm³/mol. The number of aromatic nitrogens is 6. The molecular weight excluding hydrogens is 280 g/mol. The van der Waals surface area contributed by atoms with Crippen LogP contribution in [0.3, 0.4) is 0 Å². The fourth-order valence-electron chi connectivity index (χ4n) is 2.56. The predicted octanol–water partition coefficient (Wildman–Crippen LogP) is 1.30. The van der Waals surface area contributed by atoms with Gasteiger partial charge < -0.3 is 9.88 Å². The number of imidazole rings is 1. The summed E-state index contributed by atoms with van der Waals surface area (Å²) in [6, 6.07) is 3.50. The number of hydrogen-bond acceptors (Lipinski definition) is 5. The zero-order valence-corrected chi connectivity index (χ0v) is 10.8. The molecule has 0 amide bonds. The van der Waals surface area contributed by atoms with Crippen LogP contribution in [0.1, 0.15) is 17.9 Å². The standard InChI is InChI=1S/C12H11F2N7/c13-11(14)12-18-17-10-2-1-9(19-21(10)12)16-7-3-8-4-15-6-20(8)5-7/h1-2,4,6-7,11H,3,5H2,(H,16,19). The van der Waals surface area contributed by atoms with Gasteiger partial charge in [-0.15, -0.1) is 15.3 Å². The second-order valence-corrected chi connectivity index (χ2v) is 4.93. The van der Waals surface area contributed by atoms with E-state index in [1.54, 1.807) is 18.5 Å². The molecule has 3 aromatic rings. The Morgan fingerprint density at radius 3 is 3.00 bits per heavy atom. The van der Waals surface area contributed by atoms with E-state index in [1.807, 2.05) is 6.20 Å². The molecule has 0 saturated carbocycles. The minimum Gasteiger partial charge on any atom is -0.364 e. The molecule has 0 aliphatic carbocycles. The SMILES string of the molecule is FC(F)c1nnc2ccc(NC3Cc4cncn4C3)nn12. The summed E-state index contributed by atoms with van der Waals surface area (Å²) in [7, 11) is 0. The van der Waals surface area contributed by atoms with E-state index < -0.39 is 12.2 Å². The molecule has 3 aromatic heterocycles. The van der Waals surface area contributed by atoms with E-state index in [0.29, 0.717) is 11.5 Å². The average Bonchev–Trinajstić information content (AvgIpc) is 3.11. The third-order valence-electron chi connectivity index (χ3n) is 3.51. The Balaban J connectivity index is 1.59. The molecule has 1 atom stereocenters. The molecule has 0 aromatic carbocycles. The highest BCUT2D eigenvalue weighted by Crippen LogP contribution is 2.20. The number of halogens is 2.